The van der Waals surface area contributed by atoms with Gasteiger partial charge in [0.1, 0.15) is 10.8 Å². The molecule has 25 heavy (non-hydrogen) atoms. The largest absolute Gasteiger partial charge is 0.442 e. The van der Waals surface area contributed by atoms with Crippen LogP contribution in [0.15, 0.2) is 17.1 Å². The zero-order valence-electron chi connectivity index (χ0n) is 15.4. The monoisotopic (exact) mass is 399 g/mol. The van der Waals surface area contributed by atoms with Crippen molar-refractivity contribution in [3.63, 3.8) is 0 Å². The summed E-state index contributed by atoms with van der Waals surface area (Å²) in [5, 5.41) is 1.58. The second-order valence-electron chi connectivity index (χ2n) is 6.87. The lowest BCUT2D eigenvalue weighted by molar-refractivity contribution is 0.494. The zero-order chi connectivity index (χ0) is 18.8. The van der Waals surface area contributed by atoms with Crippen LogP contribution in [-0.2, 0) is 5.41 Å². The third kappa shape index (κ3) is 4.87. The predicted molar refractivity (Wildman–Crippen MR) is 109 cm³/mol. The molecular formula is C18H23Cl2N3OS. The summed E-state index contributed by atoms with van der Waals surface area (Å²) in [5.74, 6) is 0.549. The van der Waals surface area contributed by atoms with Gasteiger partial charge >= 0.3 is 0 Å². The molecule has 0 unspecified atom stereocenters. The minimum atomic E-state index is -0.140. The average Bonchev–Trinajstić information content (AvgIpc) is 2.89. The van der Waals surface area contributed by atoms with E-state index in [1.54, 1.807) is 12.4 Å². The van der Waals surface area contributed by atoms with E-state index in [1.807, 2.05) is 24.9 Å². The van der Waals surface area contributed by atoms with Gasteiger partial charge in [-0.25, -0.2) is 4.99 Å². The Kier molecular flexibility index (Phi) is 6.35. The lowest BCUT2D eigenvalue weighted by Crippen LogP contribution is -2.14. The maximum absolute atomic E-state index is 6.43. The lowest BCUT2D eigenvalue weighted by Gasteiger charge is -2.15. The highest BCUT2D eigenvalue weighted by Crippen LogP contribution is 2.43. The quantitative estimate of drug-likeness (QED) is 0.427. The summed E-state index contributed by atoms with van der Waals surface area (Å²) in [6, 6.07) is 3.67. The van der Waals surface area contributed by atoms with Crippen LogP contribution < -0.4 is 4.74 Å². The van der Waals surface area contributed by atoms with Gasteiger partial charge in [0.2, 0.25) is 5.06 Å². The third-order valence-electron chi connectivity index (χ3n) is 3.66. The van der Waals surface area contributed by atoms with Gasteiger partial charge in [0.15, 0.2) is 0 Å². The molecule has 2 aromatic rings. The van der Waals surface area contributed by atoms with Crippen molar-refractivity contribution >= 4 is 46.8 Å². The molecule has 0 saturated heterocycles. The van der Waals surface area contributed by atoms with Gasteiger partial charge in [0, 0.05) is 30.5 Å². The summed E-state index contributed by atoms with van der Waals surface area (Å²) in [7, 11) is 1.97. The van der Waals surface area contributed by atoms with Gasteiger partial charge in [0.25, 0.3) is 0 Å². The molecule has 0 N–H and O–H groups in total. The Bertz CT molecular complexity index is 781. The molecule has 136 valence electrons. The number of halogens is 2. The molecule has 0 atom stereocenters. The fraction of sp³-hybridized carbons (Fsp3) is 0.444. The Labute approximate surface area is 163 Å². The van der Waals surface area contributed by atoms with Gasteiger partial charge in [0.05, 0.1) is 22.7 Å². The molecule has 0 fully saturated rings. The maximum Gasteiger partial charge on any atom is 0.219 e. The van der Waals surface area contributed by atoms with Crippen molar-refractivity contribution < 1.29 is 4.74 Å². The normalized spacial score (nSPS) is 12.0. The SMILES string of the molecule is CCN(C)/C=N\c1cc(Cl)c(Oc2snc(C(C)(C)C)c2Cl)cc1C. The van der Waals surface area contributed by atoms with E-state index in [1.165, 1.54) is 11.5 Å². The highest BCUT2D eigenvalue weighted by Gasteiger charge is 2.25. The molecule has 4 nitrogen and oxygen atoms in total. The molecule has 1 heterocycles. The Morgan fingerprint density at radius 2 is 2.00 bits per heavy atom. The second kappa shape index (κ2) is 7.94. The number of nitrogens with zero attached hydrogens (tertiary/aromatic N) is 3. The van der Waals surface area contributed by atoms with Crippen molar-refractivity contribution in [1.82, 2.24) is 9.27 Å². The van der Waals surface area contributed by atoms with E-state index in [2.05, 4.69) is 37.1 Å². The molecule has 0 aliphatic heterocycles. The van der Waals surface area contributed by atoms with E-state index in [9.17, 15) is 0 Å². The first-order chi connectivity index (χ1) is 11.6. The Morgan fingerprint density at radius 1 is 1.32 bits per heavy atom. The number of rotatable bonds is 5. The Hall–Kier alpha value is -1.30. The average molecular weight is 400 g/mol. The molecule has 0 aliphatic rings. The number of aliphatic imine (C=N–C) groups is 1. The van der Waals surface area contributed by atoms with Crippen LogP contribution >= 0.6 is 34.7 Å². The van der Waals surface area contributed by atoms with Crippen LogP contribution in [0.2, 0.25) is 10.0 Å². The van der Waals surface area contributed by atoms with Crippen molar-refractivity contribution in [2.24, 2.45) is 4.99 Å². The Balaban J connectivity index is 2.29. The van der Waals surface area contributed by atoms with E-state index >= 15 is 0 Å². The first kappa shape index (κ1) is 20.0. The van der Waals surface area contributed by atoms with Crippen LogP contribution in [0.25, 0.3) is 0 Å². The van der Waals surface area contributed by atoms with Gasteiger partial charge in [-0.05, 0) is 31.5 Å². The van der Waals surface area contributed by atoms with Crippen molar-refractivity contribution in [2.45, 2.75) is 40.0 Å². The van der Waals surface area contributed by atoms with Gasteiger partial charge in [-0.15, -0.1) is 0 Å². The Morgan fingerprint density at radius 3 is 2.56 bits per heavy atom. The van der Waals surface area contributed by atoms with E-state index in [0.717, 1.165) is 23.5 Å². The molecule has 0 spiro atoms. The molecule has 0 saturated carbocycles. The summed E-state index contributed by atoms with van der Waals surface area (Å²) in [6.07, 6.45) is 1.79. The van der Waals surface area contributed by atoms with Gasteiger partial charge < -0.3 is 9.64 Å². The maximum atomic E-state index is 6.43. The summed E-state index contributed by atoms with van der Waals surface area (Å²) in [5.41, 5.74) is 2.46. The van der Waals surface area contributed by atoms with E-state index in [4.69, 9.17) is 27.9 Å². The van der Waals surface area contributed by atoms with Crippen LogP contribution in [0.3, 0.4) is 0 Å². The number of benzene rings is 1. The number of aromatic nitrogens is 1. The minimum absolute atomic E-state index is 0.140. The standard InChI is InChI=1S/C18H23Cl2N3OS/c1-7-23(6)10-21-13-9-12(19)14(8-11(13)2)24-17-15(20)16(22-25-17)18(3,4)5/h8-10H,7H2,1-6H3/b21-10-. The van der Waals surface area contributed by atoms with Crippen molar-refractivity contribution in [3.05, 3.63) is 33.4 Å². The first-order valence-corrected chi connectivity index (χ1v) is 9.54. The van der Waals surface area contributed by atoms with E-state index in [-0.39, 0.29) is 5.41 Å². The van der Waals surface area contributed by atoms with E-state index < -0.39 is 0 Å². The topological polar surface area (TPSA) is 37.7 Å². The predicted octanol–water partition coefficient (Wildman–Crippen LogP) is 6.46. The summed E-state index contributed by atoms with van der Waals surface area (Å²) >= 11 is 14.0. The molecule has 1 aromatic heterocycles. The molecular weight excluding hydrogens is 377 g/mol. The van der Waals surface area contributed by atoms with Crippen molar-refractivity contribution in [3.8, 4) is 10.8 Å². The molecule has 0 radical (unpaired) electrons. The third-order valence-corrected chi connectivity index (χ3v) is 5.15. The first-order valence-electron chi connectivity index (χ1n) is 8.01. The fourth-order valence-corrected chi connectivity index (χ4v) is 3.56. The second-order valence-corrected chi connectivity index (χ2v) is 8.39. The summed E-state index contributed by atoms with van der Waals surface area (Å²) in [6.45, 7) is 11.1. The molecule has 7 heteroatoms. The van der Waals surface area contributed by atoms with Crippen molar-refractivity contribution in [2.75, 3.05) is 13.6 Å². The smallest absolute Gasteiger partial charge is 0.219 e. The number of aryl methyl sites for hydroxylation is 1. The summed E-state index contributed by atoms with van der Waals surface area (Å²) < 4.78 is 10.4. The molecule has 0 amide bonds. The zero-order valence-corrected chi connectivity index (χ0v) is 17.7. The minimum Gasteiger partial charge on any atom is -0.442 e. The summed E-state index contributed by atoms with van der Waals surface area (Å²) in [4.78, 5) is 6.45. The van der Waals surface area contributed by atoms with Gasteiger partial charge in [-0.3, -0.25) is 0 Å². The van der Waals surface area contributed by atoms with Crippen LogP contribution in [0.5, 0.6) is 10.8 Å². The van der Waals surface area contributed by atoms with E-state index in [0.29, 0.717) is 20.9 Å². The van der Waals surface area contributed by atoms with Crippen LogP contribution in [0.4, 0.5) is 5.69 Å². The highest BCUT2D eigenvalue weighted by atomic mass is 35.5. The van der Waals surface area contributed by atoms with Crippen LogP contribution in [0, 0.1) is 6.92 Å². The van der Waals surface area contributed by atoms with Crippen LogP contribution in [0.1, 0.15) is 39.0 Å². The number of ether oxygens (including phenoxy) is 1. The molecule has 2 rings (SSSR count). The van der Waals surface area contributed by atoms with Crippen molar-refractivity contribution in [1.29, 1.82) is 0 Å². The molecule has 1 aromatic carbocycles. The van der Waals surface area contributed by atoms with Gasteiger partial charge in [-0.2, -0.15) is 4.37 Å². The van der Waals surface area contributed by atoms with Gasteiger partial charge in [-0.1, -0.05) is 44.0 Å². The van der Waals surface area contributed by atoms with Crippen LogP contribution in [-0.4, -0.2) is 29.2 Å². The fourth-order valence-electron chi connectivity index (χ4n) is 2.00. The highest BCUT2D eigenvalue weighted by molar-refractivity contribution is 7.08. The molecule has 0 aliphatic carbocycles. The number of hydrogen-bond donors (Lipinski definition) is 0. The molecule has 0 bridgehead atoms. The number of hydrogen-bond acceptors (Lipinski definition) is 4. The lowest BCUT2D eigenvalue weighted by atomic mass is 9.92.